The molecule has 0 unspecified atom stereocenters. The Morgan fingerprint density at radius 1 is 1.27 bits per heavy atom. The van der Waals surface area contributed by atoms with Crippen LogP contribution in [0.15, 0.2) is 28.7 Å². The van der Waals surface area contributed by atoms with Crippen molar-refractivity contribution in [1.82, 2.24) is 5.32 Å². The molecule has 1 saturated carbocycles. The third-order valence-electron chi connectivity index (χ3n) is 5.16. The smallest absolute Gasteiger partial charge is 0.331 e. The first-order valence-corrected chi connectivity index (χ1v) is 8.54. The highest BCUT2D eigenvalue weighted by Gasteiger charge is 2.47. The number of benzene rings is 1. The third-order valence-corrected chi connectivity index (χ3v) is 5.66. The first-order chi connectivity index (χ1) is 10.6. The molecular formula is C17H22BrNO3. The fourth-order valence-corrected chi connectivity index (χ4v) is 3.96. The van der Waals surface area contributed by atoms with Crippen molar-refractivity contribution in [3.63, 3.8) is 0 Å². The van der Waals surface area contributed by atoms with Crippen LogP contribution >= 0.6 is 15.9 Å². The number of ether oxygens (including phenoxy) is 2. The van der Waals surface area contributed by atoms with E-state index in [-0.39, 0.29) is 18.2 Å². The number of hydrogen-bond acceptors (Lipinski definition) is 4. The van der Waals surface area contributed by atoms with Gasteiger partial charge < -0.3 is 14.8 Å². The molecule has 2 fully saturated rings. The maximum absolute atomic E-state index is 11.5. The van der Waals surface area contributed by atoms with Crippen molar-refractivity contribution in [3.05, 3.63) is 34.3 Å². The molecule has 1 saturated heterocycles. The topological polar surface area (TPSA) is 47.6 Å². The normalized spacial score (nSPS) is 22.1. The number of esters is 1. The predicted octanol–water partition coefficient (Wildman–Crippen LogP) is 3.00. The zero-order valence-electron chi connectivity index (χ0n) is 12.9. The van der Waals surface area contributed by atoms with Crippen LogP contribution in [0.3, 0.4) is 0 Å². The van der Waals surface area contributed by atoms with Gasteiger partial charge in [0.1, 0.15) is 6.61 Å². The summed E-state index contributed by atoms with van der Waals surface area (Å²) in [6.07, 6.45) is 4.16. The number of rotatable bonds is 4. The van der Waals surface area contributed by atoms with Gasteiger partial charge in [-0.1, -0.05) is 28.1 Å². The molecule has 1 aliphatic carbocycles. The standard InChI is InChI=1S/C17H22BrNO3/c1-21-15(20)10-22-17(13-3-2-4-14(18)9-13)7-5-16(6-8-17)11-19-12-16/h2-4,9,19H,5-8,10-12H2,1H3. The minimum atomic E-state index is -0.376. The molecule has 4 nitrogen and oxygen atoms in total. The van der Waals surface area contributed by atoms with Crippen molar-refractivity contribution in [2.45, 2.75) is 31.3 Å². The van der Waals surface area contributed by atoms with Gasteiger partial charge in [-0.05, 0) is 48.8 Å². The monoisotopic (exact) mass is 367 g/mol. The van der Waals surface area contributed by atoms with E-state index < -0.39 is 0 Å². The predicted molar refractivity (Wildman–Crippen MR) is 87.6 cm³/mol. The number of methoxy groups -OCH3 is 1. The molecule has 5 heteroatoms. The van der Waals surface area contributed by atoms with Gasteiger partial charge in [0.05, 0.1) is 12.7 Å². The fraction of sp³-hybridized carbons (Fsp3) is 0.588. The number of hydrogen-bond donors (Lipinski definition) is 1. The molecule has 1 spiro atoms. The van der Waals surface area contributed by atoms with Gasteiger partial charge in [-0.2, -0.15) is 0 Å². The van der Waals surface area contributed by atoms with Gasteiger partial charge in [-0.25, -0.2) is 4.79 Å². The van der Waals surface area contributed by atoms with Crippen molar-refractivity contribution in [1.29, 1.82) is 0 Å². The van der Waals surface area contributed by atoms with Gasteiger partial charge in [0.25, 0.3) is 0 Å². The van der Waals surface area contributed by atoms with E-state index in [1.54, 1.807) is 0 Å². The highest BCUT2D eigenvalue weighted by Crippen LogP contribution is 2.49. The van der Waals surface area contributed by atoms with Crippen molar-refractivity contribution in [2.75, 3.05) is 26.8 Å². The molecular weight excluding hydrogens is 346 g/mol. The maximum Gasteiger partial charge on any atom is 0.331 e. The van der Waals surface area contributed by atoms with E-state index >= 15 is 0 Å². The lowest BCUT2D eigenvalue weighted by Crippen LogP contribution is -2.57. The van der Waals surface area contributed by atoms with Crippen LogP contribution in [0.4, 0.5) is 0 Å². The van der Waals surface area contributed by atoms with Gasteiger partial charge >= 0.3 is 5.97 Å². The Kier molecular flexibility index (Phi) is 4.57. The van der Waals surface area contributed by atoms with Gasteiger partial charge in [0, 0.05) is 17.6 Å². The van der Waals surface area contributed by atoms with E-state index in [9.17, 15) is 4.79 Å². The zero-order valence-corrected chi connectivity index (χ0v) is 14.4. The van der Waals surface area contributed by atoms with Crippen LogP contribution in [0.5, 0.6) is 0 Å². The number of nitrogens with one attached hydrogen (secondary N) is 1. The maximum atomic E-state index is 11.5. The van der Waals surface area contributed by atoms with Crippen LogP contribution in [0.2, 0.25) is 0 Å². The Bertz CT molecular complexity index is 547. The summed E-state index contributed by atoms with van der Waals surface area (Å²) in [7, 11) is 1.40. The van der Waals surface area contributed by atoms with E-state index in [4.69, 9.17) is 9.47 Å². The van der Waals surface area contributed by atoms with Gasteiger partial charge in [0.2, 0.25) is 0 Å². The molecule has 1 aromatic rings. The lowest BCUT2D eigenvalue weighted by atomic mass is 9.64. The minimum absolute atomic E-state index is 0.00820. The Morgan fingerprint density at radius 3 is 2.55 bits per heavy atom. The van der Waals surface area contributed by atoms with Crippen LogP contribution in [0.25, 0.3) is 0 Å². The highest BCUT2D eigenvalue weighted by molar-refractivity contribution is 9.10. The van der Waals surface area contributed by atoms with Crippen molar-refractivity contribution in [2.24, 2.45) is 5.41 Å². The van der Waals surface area contributed by atoms with Crippen LogP contribution in [0, 0.1) is 5.41 Å². The molecule has 1 aliphatic heterocycles. The second-order valence-electron chi connectivity index (χ2n) is 6.47. The Balaban J connectivity index is 1.81. The quantitative estimate of drug-likeness (QED) is 0.831. The average molecular weight is 368 g/mol. The summed E-state index contributed by atoms with van der Waals surface area (Å²) in [5.41, 5.74) is 1.22. The fourth-order valence-electron chi connectivity index (χ4n) is 3.56. The molecule has 0 radical (unpaired) electrons. The molecule has 1 heterocycles. The molecule has 0 bridgehead atoms. The van der Waals surface area contributed by atoms with Crippen LogP contribution in [-0.2, 0) is 19.9 Å². The molecule has 2 aliphatic rings. The first kappa shape index (κ1) is 16.0. The molecule has 1 N–H and O–H groups in total. The zero-order chi connectivity index (χ0) is 15.6. The second-order valence-corrected chi connectivity index (χ2v) is 7.39. The largest absolute Gasteiger partial charge is 0.467 e. The van der Waals surface area contributed by atoms with Crippen molar-refractivity contribution in [3.8, 4) is 0 Å². The SMILES string of the molecule is COC(=O)COC1(c2cccc(Br)c2)CCC2(CC1)CNC2. The van der Waals surface area contributed by atoms with Crippen molar-refractivity contribution >= 4 is 21.9 Å². The van der Waals surface area contributed by atoms with Gasteiger partial charge in [0.15, 0.2) is 0 Å². The summed E-state index contributed by atoms with van der Waals surface area (Å²) in [6.45, 7) is 2.23. The van der Waals surface area contributed by atoms with Gasteiger partial charge in [-0.3, -0.25) is 0 Å². The summed E-state index contributed by atoms with van der Waals surface area (Å²) in [4.78, 5) is 11.5. The lowest BCUT2D eigenvalue weighted by molar-refractivity contribution is -0.160. The van der Waals surface area contributed by atoms with E-state index in [0.29, 0.717) is 5.41 Å². The van der Waals surface area contributed by atoms with E-state index in [2.05, 4.69) is 33.4 Å². The van der Waals surface area contributed by atoms with E-state index in [1.165, 1.54) is 7.11 Å². The highest BCUT2D eigenvalue weighted by atomic mass is 79.9. The summed E-state index contributed by atoms with van der Waals surface area (Å²) in [5, 5.41) is 3.38. The lowest BCUT2D eigenvalue weighted by Gasteiger charge is -2.51. The second kappa shape index (κ2) is 6.30. The number of carbonyl (C=O) groups excluding carboxylic acids is 1. The van der Waals surface area contributed by atoms with E-state index in [1.807, 2.05) is 12.1 Å². The van der Waals surface area contributed by atoms with Crippen LogP contribution in [0.1, 0.15) is 31.2 Å². The number of carbonyl (C=O) groups is 1. The minimum Gasteiger partial charge on any atom is -0.467 e. The molecule has 1 aromatic carbocycles. The third kappa shape index (κ3) is 3.07. The molecule has 0 aromatic heterocycles. The Hall–Kier alpha value is -0.910. The first-order valence-electron chi connectivity index (χ1n) is 7.75. The van der Waals surface area contributed by atoms with Gasteiger partial charge in [-0.15, -0.1) is 0 Å². The summed E-state index contributed by atoms with van der Waals surface area (Å²) in [5.74, 6) is -0.319. The molecule has 120 valence electrons. The average Bonchev–Trinajstić information content (AvgIpc) is 2.51. The molecule has 3 rings (SSSR count). The molecule has 22 heavy (non-hydrogen) atoms. The summed E-state index contributed by atoms with van der Waals surface area (Å²) in [6, 6.07) is 8.24. The summed E-state index contributed by atoms with van der Waals surface area (Å²) < 4.78 is 11.9. The van der Waals surface area contributed by atoms with E-state index in [0.717, 1.165) is 48.8 Å². The number of halogens is 1. The molecule has 0 amide bonds. The summed E-state index contributed by atoms with van der Waals surface area (Å²) >= 11 is 3.54. The Morgan fingerprint density at radius 2 is 2.00 bits per heavy atom. The van der Waals surface area contributed by atoms with Crippen LogP contribution in [-0.4, -0.2) is 32.8 Å². The molecule has 0 atom stereocenters. The van der Waals surface area contributed by atoms with Crippen LogP contribution < -0.4 is 5.32 Å². The Labute approximate surface area is 139 Å². The van der Waals surface area contributed by atoms with Crippen molar-refractivity contribution < 1.29 is 14.3 Å².